The van der Waals surface area contributed by atoms with Gasteiger partial charge in [-0.25, -0.2) is 4.98 Å². The van der Waals surface area contributed by atoms with Gasteiger partial charge in [0.1, 0.15) is 18.1 Å². The standard InChI is InChI=1S/C17H15N3O3S/c21-17(12-5-8-24-11-12)20-7-4-15-13(9-20)14(19-23-15)10-22-16-3-1-2-6-18-16/h1-3,5-6,8,11H,4,7,9-10H2. The van der Waals surface area contributed by atoms with Gasteiger partial charge in [-0.15, -0.1) is 0 Å². The van der Waals surface area contributed by atoms with Gasteiger partial charge >= 0.3 is 0 Å². The minimum atomic E-state index is 0.0414. The first-order valence-electron chi connectivity index (χ1n) is 7.63. The van der Waals surface area contributed by atoms with Crippen LogP contribution in [0.4, 0.5) is 0 Å². The molecule has 6 nitrogen and oxygen atoms in total. The maximum Gasteiger partial charge on any atom is 0.255 e. The number of hydrogen-bond acceptors (Lipinski definition) is 6. The van der Waals surface area contributed by atoms with Crippen molar-refractivity contribution >= 4 is 17.2 Å². The monoisotopic (exact) mass is 341 g/mol. The van der Waals surface area contributed by atoms with Crippen molar-refractivity contribution in [1.82, 2.24) is 15.0 Å². The highest BCUT2D eigenvalue weighted by Gasteiger charge is 2.27. The lowest BCUT2D eigenvalue weighted by atomic mass is 10.1. The molecule has 0 atom stereocenters. The predicted octanol–water partition coefficient (Wildman–Crippen LogP) is 2.91. The molecule has 1 aliphatic rings. The summed E-state index contributed by atoms with van der Waals surface area (Å²) in [6.07, 6.45) is 2.34. The highest BCUT2D eigenvalue weighted by atomic mass is 32.1. The smallest absolute Gasteiger partial charge is 0.255 e. The lowest BCUT2D eigenvalue weighted by Gasteiger charge is -2.26. The molecule has 7 heteroatoms. The Balaban J connectivity index is 1.48. The molecule has 0 N–H and O–H groups in total. The molecule has 4 heterocycles. The fourth-order valence-corrected chi connectivity index (χ4v) is 3.32. The number of ether oxygens (including phenoxy) is 1. The Morgan fingerprint density at radius 3 is 3.12 bits per heavy atom. The summed E-state index contributed by atoms with van der Waals surface area (Å²) in [4.78, 5) is 18.5. The number of hydrogen-bond donors (Lipinski definition) is 0. The SMILES string of the molecule is O=C(c1ccsc1)N1CCc2onc(COc3ccccn3)c2C1. The fraction of sp³-hybridized carbons (Fsp3) is 0.235. The lowest BCUT2D eigenvalue weighted by Crippen LogP contribution is -2.35. The van der Waals surface area contributed by atoms with E-state index in [1.54, 1.807) is 12.3 Å². The van der Waals surface area contributed by atoms with Gasteiger partial charge in [-0.2, -0.15) is 11.3 Å². The van der Waals surface area contributed by atoms with Gasteiger partial charge in [0.15, 0.2) is 0 Å². The minimum absolute atomic E-state index is 0.0414. The Labute approximate surface area is 142 Å². The van der Waals surface area contributed by atoms with Gasteiger partial charge in [0.2, 0.25) is 5.88 Å². The van der Waals surface area contributed by atoms with Crippen molar-refractivity contribution in [1.29, 1.82) is 0 Å². The van der Waals surface area contributed by atoms with Crippen molar-refractivity contribution in [3.05, 3.63) is 63.8 Å². The molecule has 0 saturated carbocycles. The Morgan fingerprint density at radius 2 is 2.33 bits per heavy atom. The van der Waals surface area contributed by atoms with Crippen molar-refractivity contribution in [3.8, 4) is 5.88 Å². The molecule has 0 aliphatic carbocycles. The second-order valence-corrected chi connectivity index (χ2v) is 6.26. The Bertz CT molecular complexity index is 830. The largest absolute Gasteiger partial charge is 0.471 e. The van der Waals surface area contributed by atoms with Crippen molar-refractivity contribution in [2.24, 2.45) is 0 Å². The highest BCUT2D eigenvalue weighted by molar-refractivity contribution is 7.08. The zero-order valence-electron chi connectivity index (χ0n) is 12.8. The van der Waals surface area contributed by atoms with Crippen LogP contribution in [0.3, 0.4) is 0 Å². The van der Waals surface area contributed by atoms with Crippen molar-refractivity contribution in [2.45, 2.75) is 19.6 Å². The summed E-state index contributed by atoms with van der Waals surface area (Å²) < 4.78 is 11.1. The van der Waals surface area contributed by atoms with E-state index in [4.69, 9.17) is 9.26 Å². The van der Waals surface area contributed by atoms with Gasteiger partial charge in [0.05, 0.1) is 12.1 Å². The van der Waals surface area contributed by atoms with Crippen LogP contribution >= 0.6 is 11.3 Å². The van der Waals surface area contributed by atoms with Crippen molar-refractivity contribution < 1.29 is 14.1 Å². The van der Waals surface area contributed by atoms with E-state index in [1.807, 2.05) is 33.9 Å². The zero-order chi connectivity index (χ0) is 16.4. The van der Waals surface area contributed by atoms with E-state index in [-0.39, 0.29) is 12.5 Å². The molecule has 24 heavy (non-hydrogen) atoms. The molecule has 122 valence electrons. The third-order valence-electron chi connectivity index (χ3n) is 3.96. The molecule has 0 bridgehead atoms. The van der Waals surface area contributed by atoms with Crippen LogP contribution in [0.25, 0.3) is 0 Å². The Kier molecular flexibility index (Phi) is 4.00. The molecule has 1 aliphatic heterocycles. The van der Waals surface area contributed by atoms with Crippen LogP contribution in [0.2, 0.25) is 0 Å². The maximum atomic E-state index is 12.5. The molecule has 4 rings (SSSR count). The third-order valence-corrected chi connectivity index (χ3v) is 4.64. The van der Waals surface area contributed by atoms with E-state index in [2.05, 4.69) is 10.1 Å². The average Bonchev–Trinajstić information content (AvgIpc) is 3.30. The molecule has 0 spiro atoms. The fourth-order valence-electron chi connectivity index (χ4n) is 2.69. The van der Waals surface area contributed by atoms with Crippen LogP contribution in [-0.4, -0.2) is 27.5 Å². The van der Waals surface area contributed by atoms with Gasteiger partial charge in [-0.1, -0.05) is 11.2 Å². The predicted molar refractivity (Wildman–Crippen MR) is 87.8 cm³/mol. The van der Waals surface area contributed by atoms with Crippen LogP contribution in [0.1, 0.15) is 27.4 Å². The molecule has 1 amide bonds. The average molecular weight is 341 g/mol. The number of rotatable bonds is 4. The summed E-state index contributed by atoms with van der Waals surface area (Å²) in [5.41, 5.74) is 2.39. The number of fused-ring (bicyclic) bond motifs is 1. The van der Waals surface area contributed by atoms with Gasteiger partial charge < -0.3 is 14.2 Å². The topological polar surface area (TPSA) is 68.5 Å². The second-order valence-electron chi connectivity index (χ2n) is 5.48. The Morgan fingerprint density at radius 1 is 1.38 bits per heavy atom. The van der Waals surface area contributed by atoms with E-state index in [9.17, 15) is 4.79 Å². The molecule has 0 aromatic carbocycles. The van der Waals surface area contributed by atoms with Crippen molar-refractivity contribution in [2.75, 3.05) is 6.54 Å². The normalized spacial score (nSPS) is 13.6. The third kappa shape index (κ3) is 2.90. The first kappa shape index (κ1) is 14.9. The maximum absolute atomic E-state index is 12.5. The number of aromatic nitrogens is 2. The number of amides is 1. The molecular weight excluding hydrogens is 326 g/mol. The second kappa shape index (κ2) is 6.45. The first-order valence-corrected chi connectivity index (χ1v) is 8.57. The summed E-state index contributed by atoms with van der Waals surface area (Å²) >= 11 is 1.52. The molecule has 3 aromatic heterocycles. The molecule has 0 saturated heterocycles. The van der Waals surface area contributed by atoms with Gasteiger partial charge in [0, 0.05) is 36.2 Å². The highest BCUT2D eigenvalue weighted by Crippen LogP contribution is 2.25. The number of carbonyl (C=O) groups excluding carboxylic acids is 1. The molecule has 0 fully saturated rings. The van der Waals surface area contributed by atoms with Gasteiger partial charge in [-0.3, -0.25) is 4.79 Å². The number of nitrogens with zero attached hydrogens (tertiary/aromatic N) is 3. The van der Waals surface area contributed by atoms with Crippen molar-refractivity contribution in [3.63, 3.8) is 0 Å². The van der Waals surface area contributed by atoms with Gasteiger partial charge in [0.25, 0.3) is 5.91 Å². The Hall–Kier alpha value is -2.67. The van der Waals surface area contributed by atoms with E-state index >= 15 is 0 Å². The van der Waals surface area contributed by atoms with Crippen LogP contribution in [0, 0.1) is 0 Å². The summed E-state index contributed by atoms with van der Waals surface area (Å²) in [5, 5.41) is 7.89. The summed E-state index contributed by atoms with van der Waals surface area (Å²) in [5.74, 6) is 1.42. The van der Waals surface area contributed by atoms with E-state index < -0.39 is 0 Å². The minimum Gasteiger partial charge on any atom is -0.471 e. The van der Waals surface area contributed by atoms with E-state index in [0.29, 0.717) is 25.4 Å². The molecule has 3 aromatic rings. The number of pyridine rings is 1. The van der Waals surface area contributed by atoms with Crippen LogP contribution in [-0.2, 0) is 19.6 Å². The lowest BCUT2D eigenvalue weighted by molar-refractivity contribution is 0.0729. The zero-order valence-corrected chi connectivity index (χ0v) is 13.7. The van der Waals surface area contributed by atoms with Crippen LogP contribution in [0.5, 0.6) is 5.88 Å². The van der Waals surface area contributed by atoms with Gasteiger partial charge in [-0.05, 0) is 17.5 Å². The summed E-state index contributed by atoms with van der Waals surface area (Å²) in [7, 11) is 0. The molecule has 0 unspecified atom stereocenters. The van der Waals surface area contributed by atoms with E-state index in [1.165, 1.54) is 11.3 Å². The van der Waals surface area contributed by atoms with Crippen LogP contribution < -0.4 is 4.74 Å². The summed E-state index contributed by atoms with van der Waals surface area (Å²) in [6, 6.07) is 7.33. The molecular formula is C17H15N3O3S. The first-order chi connectivity index (χ1) is 11.8. The summed E-state index contributed by atoms with van der Waals surface area (Å²) in [6.45, 7) is 1.40. The van der Waals surface area contributed by atoms with E-state index in [0.717, 1.165) is 22.6 Å². The van der Waals surface area contributed by atoms with Crippen LogP contribution in [0.15, 0.2) is 45.7 Å². The number of thiophene rings is 1. The number of carbonyl (C=O) groups is 1. The molecule has 0 radical (unpaired) electrons. The quantitative estimate of drug-likeness (QED) is 0.730.